The molecule has 0 aliphatic carbocycles. The number of benzene rings is 2. The number of aliphatic hydroxyl groups excluding tert-OH is 1. The molecule has 0 radical (unpaired) electrons. The maximum Gasteiger partial charge on any atom is 0.293 e. The van der Waals surface area contributed by atoms with Crippen LogP contribution in [0.3, 0.4) is 0 Å². The summed E-state index contributed by atoms with van der Waals surface area (Å²) in [6.07, 6.45) is -0.768. The minimum atomic E-state index is -3.81. The number of hydrogen-bond donors (Lipinski definition) is 1. The number of nitro benzene ring substituents is 1. The van der Waals surface area contributed by atoms with Crippen molar-refractivity contribution < 1.29 is 22.8 Å². The SMILES string of the molecule is CCN(CC)S(=O)(=O)c1ccc(N2CCN(CC(O)c3ccc(F)cc3)CC2)c([N+](=O)[O-])c1. The molecule has 0 saturated carbocycles. The number of sulfonamides is 1. The summed E-state index contributed by atoms with van der Waals surface area (Å²) in [6, 6.07) is 9.76. The molecule has 1 aliphatic rings. The molecule has 1 unspecified atom stereocenters. The maximum atomic E-state index is 13.1. The average Bonchev–Trinajstić information content (AvgIpc) is 2.80. The number of piperazine rings is 1. The van der Waals surface area contributed by atoms with Crippen LogP contribution in [-0.2, 0) is 10.0 Å². The molecule has 0 amide bonds. The molecule has 11 heteroatoms. The Morgan fingerprint density at radius 2 is 1.70 bits per heavy atom. The lowest BCUT2D eigenvalue weighted by Gasteiger charge is -2.36. The van der Waals surface area contributed by atoms with Crippen molar-refractivity contribution in [3.63, 3.8) is 0 Å². The van der Waals surface area contributed by atoms with E-state index < -0.39 is 21.1 Å². The number of nitro groups is 1. The minimum Gasteiger partial charge on any atom is -0.387 e. The van der Waals surface area contributed by atoms with Crippen molar-refractivity contribution in [3.05, 3.63) is 64.0 Å². The van der Waals surface area contributed by atoms with Gasteiger partial charge in [0.15, 0.2) is 0 Å². The van der Waals surface area contributed by atoms with Crippen molar-refractivity contribution in [2.75, 3.05) is 50.7 Å². The zero-order valence-corrected chi connectivity index (χ0v) is 19.5. The molecular weight excluding hydrogens is 451 g/mol. The monoisotopic (exact) mass is 480 g/mol. The summed E-state index contributed by atoms with van der Waals surface area (Å²) < 4.78 is 39.9. The Kier molecular flexibility index (Phi) is 8.01. The van der Waals surface area contributed by atoms with Gasteiger partial charge in [-0.15, -0.1) is 0 Å². The van der Waals surface area contributed by atoms with E-state index in [1.54, 1.807) is 26.0 Å². The van der Waals surface area contributed by atoms with Crippen molar-refractivity contribution in [1.29, 1.82) is 0 Å². The highest BCUT2D eigenvalue weighted by Gasteiger charge is 2.29. The topological polar surface area (TPSA) is 107 Å². The van der Waals surface area contributed by atoms with E-state index in [0.717, 1.165) is 6.07 Å². The third-order valence-electron chi connectivity index (χ3n) is 5.89. The number of rotatable bonds is 9. The van der Waals surface area contributed by atoms with E-state index in [-0.39, 0.29) is 29.5 Å². The van der Waals surface area contributed by atoms with Gasteiger partial charge in [-0.3, -0.25) is 15.0 Å². The first-order valence-corrected chi connectivity index (χ1v) is 12.3. The number of aliphatic hydroxyl groups is 1. The number of anilines is 1. The van der Waals surface area contributed by atoms with Crippen LogP contribution in [0, 0.1) is 15.9 Å². The van der Waals surface area contributed by atoms with E-state index in [9.17, 15) is 28.0 Å². The van der Waals surface area contributed by atoms with Gasteiger partial charge in [-0.05, 0) is 29.8 Å². The summed E-state index contributed by atoms with van der Waals surface area (Å²) in [5.41, 5.74) is 0.750. The first-order chi connectivity index (χ1) is 15.7. The highest BCUT2D eigenvalue weighted by Crippen LogP contribution is 2.32. The average molecular weight is 481 g/mol. The molecule has 180 valence electrons. The van der Waals surface area contributed by atoms with Crippen LogP contribution in [0.1, 0.15) is 25.5 Å². The molecule has 33 heavy (non-hydrogen) atoms. The molecule has 9 nitrogen and oxygen atoms in total. The van der Waals surface area contributed by atoms with E-state index in [0.29, 0.717) is 44.0 Å². The van der Waals surface area contributed by atoms with Gasteiger partial charge >= 0.3 is 0 Å². The molecule has 1 heterocycles. The van der Waals surface area contributed by atoms with Crippen LogP contribution in [0.4, 0.5) is 15.8 Å². The molecule has 3 rings (SSSR count). The predicted octanol–water partition coefficient (Wildman–Crippen LogP) is 2.62. The number of hydrogen-bond acceptors (Lipinski definition) is 7. The van der Waals surface area contributed by atoms with Crippen LogP contribution >= 0.6 is 0 Å². The Morgan fingerprint density at radius 1 is 1.09 bits per heavy atom. The second-order valence-corrected chi connectivity index (χ2v) is 9.79. The van der Waals surface area contributed by atoms with E-state index in [1.165, 1.54) is 28.6 Å². The number of β-amino-alcohol motifs (C(OH)–C–C–N with tert-alkyl or cyclic N) is 1. The highest BCUT2D eigenvalue weighted by atomic mass is 32.2. The molecule has 0 aromatic heterocycles. The number of nitrogens with zero attached hydrogens (tertiary/aromatic N) is 4. The Balaban J connectivity index is 1.71. The van der Waals surface area contributed by atoms with Crippen LogP contribution < -0.4 is 4.90 Å². The fourth-order valence-corrected chi connectivity index (χ4v) is 5.47. The first-order valence-electron chi connectivity index (χ1n) is 10.9. The summed E-state index contributed by atoms with van der Waals surface area (Å²) in [4.78, 5) is 15.0. The second-order valence-electron chi connectivity index (χ2n) is 7.85. The number of halogens is 1. The van der Waals surface area contributed by atoms with E-state index in [2.05, 4.69) is 0 Å². The summed E-state index contributed by atoms with van der Waals surface area (Å²) in [5.74, 6) is -0.364. The van der Waals surface area contributed by atoms with Crippen molar-refractivity contribution in [1.82, 2.24) is 9.21 Å². The lowest BCUT2D eigenvalue weighted by atomic mass is 10.1. The van der Waals surface area contributed by atoms with Crippen LogP contribution in [0.25, 0.3) is 0 Å². The van der Waals surface area contributed by atoms with Crippen LogP contribution in [0.15, 0.2) is 47.4 Å². The fourth-order valence-electron chi connectivity index (χ4n) is 4.00. The lowest BCUT2D eigenvalue weighted by Crippen LogP contribution is -2.47. The third-order valence-corrected chi connectivity index (χ3v) is 7.93. The van der Waals surface area contributed by atoms with E-state index in [1.807, 2.05) is 9.80 Å². The summed E-state index contributed by atoms with van der Waals surface area (Å²) in [5, 5.41) is 22.2. The maximum absolute atomic E-state index is 13.1. The van der Waals surface area contributed by atoms with Crippen molar-refractivity contribution >= 4 is 21.4 Å². The van der Waals surface area contributed by atoms with Crippen LogP contribution in [0.2, 0.25) is 0 Å². The van der Waals surface area contributed by atoms with Gasteiger partial charge in [-0.1, -0.05) is 26.0 Å². The van der Waals surface area contributed by atoms with Crippen LogP contribution in [0.5, 0.6) is 0 Å². The van der Waals surface area contributed by atoms with Gasteiger partial charge < -0.3 is 10.0 Å². The Bertz CT molecular complexity index is 1070. The molecule has 0 spiro atoms. The molecule has 1 saturated heterocycles. The standard InChI is InChI=1S/C22H29FN4O5S/c1-3-26(4-2)33(31,32)19-9-10-20(21(15-19)27(29)30)25-13-11-24(12-14-25)16-22(28)17-5-7-18(23)8-6-17/h5-10,15,22,28H,3-4,11-14,16H2,1-2H3. The molecule has 1 aliphatic heterocycles. The minimum absolute atomic E-state index is 0.0947. The zero-order valence-electron chi connectivity index (χ0n) is 18.7. The summed E-state index contributed by atoms with van der Waals surface area (Å²) in [7, 11) is -3.81. The quantitative estimate of drug-likeness (QED) is 0.434. The lowest BCUT2D eigenvalue weighted by molar-refractivity contribution is -0.384. The molecule has 1 fully saturated rings. The first kappa shape index (κ1) is 25.0. The normalized spacial score (nSPS) is 16.2. The summed E-state index contributed by atoms with van der Waals surface area (Å²) >= 11 is 0. The molecule has 2 aromatic rings. The largest absolute Gasteiger partial charge is 0.387 e. The predicted molar refractivity (Wildman–Crippen MR) is 123 cm³/mol. The third kappa shape index (κ3) is 5.67. The Morgan fingerprint density at radius 3 is 2.24 bits per heavy atom. The van der Waals surface area contributed by atoms with Crippen molar-refractivity contribution in [2.45, 2.75) is 24.8 Å². The van der Waals surface area contributed by atoms with Crippen molar-refractivity contribution in [2.24, 2.45) is 0 Å². The van der Waals surface area contributed by atoms with Gasteiger partial charge in [-0.2, -0.15) is 4.31 Å². The van der Waals surface area contributed by atoms with Gasteiger partial charge in [0.1, 0.15) is 11.5 Å². The fraction of sp³-hybridized carbons (Fsp3) is 0.455. The van der Waals surface area contributed by atoms with Gasteiger partial charge in [0.05, 0.1) is 15.9 Å². The highest BCUT2D eigenvalue weighted by molar-refractivity contribution is 7.89. The van der Waals surface area contributed by atoms with Gasteiger partial charge in [-0.25, -0.2) is 12.8 Å². The molecule has 2 aromatic carbocycles. The van der Waals surface area contributed by atoms with E-state index >= 15 is 0 Å². The zero-order chi connectivity index (χ0) is 24.2. The molecule has 1 atom stereocenters. The Hall–Kier alpha value is -2.60. The van der Waals surface area contributed by atoms with E-state index in [4.69, 9.17) is 0 Å². The second kappa shape index (κ2) is 10.6. The van der Waals surface area contributed by atoms with Gasteiger partial charge in [0, 0.05) is 51.9 Å². The van der Waals surface area contributed by atoms with Crippen molar-refractivity contribution in [3.8, 4) is 0 Å². The molecular formula is C22H29FN4O5S. The van der Waals surface area contributed by atoms with Crippen LogP contribution in [-0.4, -0.2) is 73.5 Å². The smallest absolute Gasteiger partial charge is 0.293 e. The molecule has 0 bridgehead atoms. The molecule has 1 N–H and O–H groups in total. The van der Waals surface area contributed by atoms with Gasteiger partial charge in [0.2, 0.25) is 10.0 Å². The van der Waals surface area contributed by atoms with Gasteiger partial charge in [0.25, 0.3) is 5.69 Å². The Labute approximate surface area is 193 Å². The summed E-state index contributed by atoms with van der Waals surface area (Å²) in [6.45, 7) is 6.46.